The highest BCUT2D eigenvalue weighted by atomic mass is 16.3. The normalized spacial score (nSPS) is 12.3. The van der Waals surface area contributed by atoms with Crippen LogP contribution in [0.3, 0.4) is 0 Å². The van der Waals surface area contributed by atoms with Gasteiger partial charge in [0.2, 0.25) is 0 Å². The van der Waals surface area contributed by atoms with E-state index >= 15 is 0 Å². The number of hydrogen-bond acceptors (Lipinski definition) is 3. The van der Waals surface area contributed by atoms with Crippen molar-refractivity contribution < 1.29 is 4.42 Å². The molecule has 0 saturated heterocycles. The molecule has 5 aromatic heterocycles. The Balaban J connectivity index is 1.34. The molecule has 7 aromatic carbocycles. The first-order valence-electron chi connectivity index (χ1n) is 17.3. The Hall–Kier alpha value is -6.98. The molecule has 0 aliphatic rings. The summed E-state index contributed by atoms with van der Waals surface area (Å²) in [5.74, 6) is 1.39. The Morgan fingerprint density at radius 3 is 1.88 bits per heavy atom. The Morgan fingerprint density at radius 1 is 0.431 bits per heavy atom. The van der Waals surface area contributed by atoms with Gasteiger partial charge in [0, 0.05) is 43.3 Å². The van der Waals surface area contributed by atoms with Crippen LogP contribution in [-0.4, -0.2) is 18.9 Å². The van der Waals surface area contributed by atoms with Crippen LogP contribution in [0.1, 0.15) is 0 Å². The van der Waals surface area contributed by atoms with Crippen LogP contribution in [0.4, 0.5) is 0 Å². The first-order chi connectivity index (χ1) is 25.3. The van der Waals surface area contributed by atoms with E-state index in [-0.39, 0.29) is 0 Å². The van der Waals surface area contributed by atoms with Gasteiger partial charge >= 0.3 is 0 Å². The lowest BCUT2D eigenvalue weighted by atomic mass is 10.0. The number of furan rings is 1. The lowest BCUT2D eigenvalue weighted by molar-refractivity contribution is 0.662. The molecule has 0 N–H and O–H groups in total. The number of nitrogens with zero attached hydrogens (tertiary/aromatic N) is 4. The fourth-order valence-corrected chi connectivity index (χ4v) is 8.48. The lowest BCUT2D eigenvalue weighted by Crippen LogP contribution is -2.02. The van der Waals surface area contributed by atoms with E-state index in [4.69, 9.17) is 14.4 Å². The molecule has 51 heavy (non-hydrogen) atoms. The zero-order valence-electron chi connectivity index (χ0n) is 27.2. The molecule has 12 aromatic rings. The molecule has 236 valence electrons. The second-order valence-electron chi connectivity index (χ2n) is 13.4. The summed E-state index contributed by atoms with van der Waals surface area (Å²) in [5.41, 5.74) is 11.4. The van der Waals surface area contributed by atoms with Gasteiger partial charge in [-0.05, 0) is 53.6 Å². The van der Waals surface area contributed by atoms with E-state index in [0.717, 1.165) is 44.3 Å². The molecular formula is C46H26N4O. The number of hydrogen-bond donors (Lipinski definition) is 0. The molecule has 0 bridgehead atoms. The van der Waals surface area contributed by atoms with E-state index in [1.54, 1.807) is 0 Å². The molecule has 0 unspecified atom stereocenters. The summed E-state index contributed by atoms with van der Waals surface area (Å²) in [6.07, 6.45) is 0. The van der Waals surface area contributed by atoms with Gasteiger partial charge in [-0.25, -0.2) is 9.97 Å². The number of benzene rings is 7. The maximum atomic E-state index is 6.73. The van der Waals surface area contributed by atoms with Crippen LogP contribution in [0.5, 0.6) is 0 Å². The van der Waals surface area contributed by atoms with E-state index in [9.17, 15) is 0 Å². The van der Waals surface area contributed by atoms with Gasteiger partial charge in [0.15, 0.2) is 17.2 Å². The summed E-state index contributed by atoms with van der Waals surface area (Å²) >= 11 is 0. The zero-order chi connectivity index (χ0) is 33.2. The van der Waals surface area contributed by atoms with Crippen molar-refractivity contribution in [3.8, 4) is 28.3 Å². The van der Waals surface area contributed by atoms with E-state index < -0.39 is 0 Å². The maximum absolute atomic E-state index is 6.73. The second kappa shape index (κ2) is 9.80. The summed E-state index contributed by atoms with van der Waals surface area (Å²) in [6, 6.07) is 55.8. The third-order valence-electron chi connectivity index (χ3n) is 10.6. The summed E-state index contributed by atoms with van der Waals surface area (Å²) in [5, 5.41) is 8.21. The van der Waals surface area contributed by atoms with Gasteiger partial charge in [-0.3, -0.25) is 4.57 Å². The Morgan fingerprint density at radius 2 is 1.08 bits per heavy atom. The van der Waals surface area contributed by atoms with Gasteiger partial charge in [0.1, 0.15) is 11.1 Å². The maximum Gasteiger partial charge on any atom is 0.197 e. The topological polar surface area (TPSA) is 48.3 Å². The smallest absolute Gasteiger partial charge is 0.197 e. The quantitative estimate of drug-likeness (QED) is 0.191. The fourth-order valence-electron chi connectivity index (χ4n) is 8.48. The number of aromatic nitrogens is 4. The van der Waals surface area contributed by atoms with Crippen molar-refractivity contribution in [1.82, 2.24) is 18.9 Å². The van der Waals surface area contributed by atoms with Gasteiger partial charge in [-0.2, -0.15) is 0 Å². The average Bonchev–Trinajstić information content (AvgIpc) is 3.93. The molecule has 12 rings (SSSR count). The van der Waals surface area contributed by atoms with E-state index in [0.29, 0.717) is 11.4 Å². The fraction of sp³-hybridized carbons (Fsp3) is 0. The van der Waals surface area contributed by atoms with Gasteiger partial charge in [-0.1, -0.05) is 115 Å². The Bertz CT molecular complexity index is 3350. The SMILES string of the molecule is c1ccc(-c2ccc3c(c2)c2cc4c5ccccc5n5c6ccccc6c(c2n3-c2nc(-c3ccccc3)nc3c2oc2ccccc23)c45)cc1. The van der Waals surface area contributed by atoms with Crippen molar-refractivity contribution in [2.75, 3.05) is 0 Å². The highest BCUT2D eigenvalue weighted by Crippen LogP contribution is 2.47. The minimum absolute atomic E-state index is 0.660. The molecule has 5 heteroatoms. The van der Waals surface area contributed by atoms with Crippen LogP contribution in [-0.2, 0) is 0 Å². The monoisotopic (exact) mass is 650 g/mol. The van der Waals surface area contributed by atoms with Gasteiger partial charge < -0.3 is 8.82 Å². The zero-order valence-corrected chi connectivity index (χ0v) is 27.2. The van der Waals surface area contributed by atoms with E-state index in [1.807, 2.05) is 36.4 Å². The molecule has 5 heterocycles. The molecule has 5 nitrogen and oxygen atoms in total. The van der Waals surface area contributed by atoms with Crippen molar-refractivity contribution in [1.29, 1.82) is 0 Å². The predicted octanol–water partition coefficient (Wildman–Crippen LogP) is 12.0. The van der Waals surface area contributed by atoms with Crippen LogP contribution in [0.25, 0.3) is 110 Å². The minimum Gasteiger partial charge on any atom is -0.450 e. The molecule has 0 aliphatic heterocycles. The number of rotatable bonds is 3. The first kappa shape index (κ1) is 26.9. The van der Waals surface area contributed by atoms with Crippen molar-refractivity contribution in [2.45, 2.75) is 0 Å². The molecular weight excluding hydrogens is 625 g/mol. The van der Waals surface area contributed by atoms with Crippen molar-refractivity contribution in [3.05, 3.63) is 158 Å². The summed E-state index contributed by atoms with van der Waals surface area (Å²) in [6.45, 7) is 0. The Labute approximate surface area is 290 Å². The highest BCUT2D eigenvalue weighted by molar-refractivity contribution is 6.34. The first-order valence-corrected chi connectivity index (χ1v) is 17.3. The average molecular weight is 651 g/mol. The van der Waals surface area contributed by atoms with Crippen LogP contribution < -0.4 is 0 Å². The van der Waals surface area contributed by atoms with E-state index in [1.165, 1.54) is 54.6 Å². The molecule has 0 atom stereocenters. The van der Waals surface area contributed by atoms with Crippen LogP contribution in [0.15, 0.2) is 162 Å². The van der Waals surface area contributed by atoms with Gasteiger partial charge in [0.25, 0.3) is 0 Å². The lowest BCUT2D eigenvalue weighted by Gasteiger charge is -2.11. The molecule has 0 radical (unpaired) electrons. The van der Waals surface area contributed by atoms with Crippen molar-refractivity contribution >= 4 is 82.0 Å². The van der Waals surface area contributed by atoms with E-state index in [2.05, 4.69) is 130 Å². The van der Waals surface area contributed by atoms with Crippen molar-refractivity contribution in [3.63, 3.8) is 0 Å². The third-order valence-corrected chi connectivity index (χ3v) is 10.6. The standard InChI is InChI=1S/C46H26N4O/c1-3-13-27(14-4-1)29-23-24-38-33(25-29)35-26-34-30-17-7-10-20-36(30)49-37-21-11-8-18-31(37)40(42(34)49)43(35)50(38)46-44-41(32-19-9-12-22-39(32)51-44)47-45(48-46)28-15-5-2-6-16-28/h1-26H. The largest absolute Gasteiger partial charge is 0.450 e. The molecule has 0 spiro atoms. The van der Waals surface area contributed by atoms with Gasteiger partial charge in [-0.15, -0.1) is 0 Å². The second-order valence-corrected chi connectivity index (χ2v) is 13.4. The molecule has 0 aliphatic carbocycles. The van der Waals surface area contributed by atoms with Crippen LogP contribution in [0.2, 0.25) is 0 Å². The molecule has 0 amide bonds. The summed E-state index contributed by atoms with van der Waals surface area (Å²) in [7, 11) is 0. The molecule has 0 fully saturated rings. The van der Waals surface area contributed by atoms with Gasteiger partial charge in [0.05, 0.1) is 27.6 Å². The summed E-state index contributed by atoms with van der Waals surface area (Å²) < 4.78 is 11.5. The number of fused-ring (bicyclic) bond motifs is 13. The predicted molar refractivity (Wildman–Crippen MR) is 209 cm³/mol. The molecule has 0 saturated carbocycles. The minimum atomic E-state index is 0.660. The number of para-hydroxylation sites is 3. The Kier molecular flexibility index (Phi) is 5.17. The van der Waals surface area contributed by atoms with Crippen LogP contribution in [0, 0.1) is 0 Å². The highest BCUT2D eigenvalue weighted by Gasteiger charge is 2.27. The summed E-state index contributed by atoms with van der Waals surface area (Å²) in [4.78, 5) is 10.6. The van der Waals surface area contributed by atoms with Crippen molar-refractivity contribution in [2.24, 2.45) is 0 Å². The van der Waals surface area contributed by atoms with Crippen LogP contribution >= 0.6 is 0 Å². The third kappa shape index (κ3) is 3.54.